The van der Waals surface area contributed by atoms with E-state index in [9.17, 15) is 0 Å². The van der Waals surface area contributed by atoms with Crippen molar-refractivity contribution in [3.63, 3.8) is 0 Å². The van der Waals surface area contributed by atoms with Crippen LogP contribution in [0.25, 0.3) is 10.2 Å². The Morgan fingerprint density at radius 2 is 2.32 bits per heavy atom. The molecule has 1 aliphatic rings. The van der Waals surface area contributed by atoms with E-state index in [0.29, 0.717) is 6.04 Å². The molecule has 1 saturated heterocycles. The van der Waals surface area contributed by atoms with Gasteiger partial charge in [-0.1, -0.05) is 0 Å². The van der Waals surface area contributed by atoms with Crippen LogP contribution in [0.3, 0.4) is 0 Å². The Hall–Kier alpha value is -1.95. The van der Waals surface area contributed by atoms with Crippen molar-refractivity contribution in [1.82, 2.24) is 19.7 Å². The predicted octanol–water partition coefficient (Wildman–Crippen LogP) is 2.34. The van der Waals surface area contributed by atoms with Crippen LogP contribution in [0.4, 0.5) is 5.82 Å². The fraction of sp³-hybridized carbons (Fsp3) is 0.308. The van der Waals surface area contributed by atoms with E-state index in [4.69, 9.17) is 0 Å². The van der Waals surface area contributed by atoms with Crippen LogP contribution in [-0.2, 0) is 0 Å². The minimum Gasteiger partial charge on any atom is -0.353 e. The van der Waals surface area contributed by atoms with Crippen LogP contribution >= 0.6 is 11.3 Å². The smallest absolute Gasteiger partial charge is 0.150 e. The van der Waals surface area contributed by atoms with Crippen LogP contribution in [0.1, 0.15) is 12.5 Å². The molecule has 1 fully saturated rings. The van der Waals surface area contributed by atoms with Gasteiger partial charge in [-0.3, -0.25) is 4.68 Å². The summed E-state index contributed by atoms with van der Waals surface area (Å²) in [5.41, 5.74) is 1.04. The van der Waals surface area contributed by atoms with Gasteiger partial charge in [0, 0.05) is 25.5 Å². The number of thiophene rings is 1. The summed E-state index contributed by atoms with van der Waals surface area (Å²) >= 11 is 1.71. The molecule has 5 nitrogen and oxygen atoms in total. The first-order valence-corrected chi connectivity index (χ1v) is 7.22. The monoisotopic (exact) mass is 271 g/mol. The van der Waals surface area contributed by atoms with Crippen molar-refractivity contribution in [2.45, 2.75) is 12.5 Å². The van der Waals surface area contributed by atoms with Gasteiger partial charge in [0.15, 0.2) is 0 Å². The Bertz CT molecular complexity index is 690. The molecule has 1 unspecified atom stereocenters. The Labute approximate surface area is 114 Å². The Balaban J connectivity index is 1.66. The quantitative estimate of drug-likeness (QED) is 0.717. The van der Waals surface area contributed by atoms with E-state index in [0.717, 1.165) is 30.8 Å². The summed E-state index contributed by atoms with van der Waals surface area (Å²) in [5.74, 6) is 1.06. The third-order valence-corrected chi connectivity index (χ3v) is 4.49. The van der Waals surface area contributed by atoms with Gasteiger partial charge in [0.1, 0.15) is 12.1 Å². The van der Waals surface area contributed by atoms with Gasteiger partial charge in [-0.05, 0) is 23.9 Å². The van der Waals surface area contributed by atoms with E-state index in [-0.39, 0.29) is 0 Å². The number of aromatic nitrogens is 4. The molecule has 0 aromatic carbocycles. The van der Waals surface area contributed by atoms with E-state index in [1.165, 1.54) is 4.70 Å². The molecule has 4 rings (SSSR count). The third kappa shape index (κ3) is 1.79. The number of hydrogen-bond acceptors (Lipinski definition) is 5. The number of hydrogen-bond donors (Lipinski definition) is 0. The zero-order chi connectivity index (χ0) is 12.7. The van der Waals surface area contributed by atoms with Gasteiger partial charge in [0.05, 0.1) is 16.3 Å². The highest BCUT2D eigenvalue weighted by molar-refractivity contribution is 7.17. The summed E-state index contributed by atoms with van der Waals surface area (Å²) in [4.78, 5) is 11.1. The molecule has 4 heterocycles. The minimum atomic E-state index is 0.444. The zero-order valence-corrected chi connectivity index (χ0v) is 11.1. The Kier molecular flexibility index (Phi) is 2.48. The van der Waals surface area contributed by atoms with Crippen LogP contribution in [0.5, 0.6) is 0 Å². The van der Waals surface area contributed by atoms with Crippen LogP contribution in [0, 0.1) is 0 Å². The number of fused-ring (bicyclic) bond motifs is 1. The Morgan fingerprint density at radius 3 is 3.21 bits per heavy atom. The summed E-state index contributed by atoms with van der Waals surface area (Å²) in [6, 6.07) is 4.47. The molecule has 0 amide bonds. The maximum Gasteiger partial charge on any atom is 0.150 e. The van der Waals surface area contributed by atoms with Gasteiger partial charge in [0.25, 0.3) is 0 Å². The second-order valence-corrected chi connectivity index (χ2v) is 5.62. The van der Waals surface area contributed by atoms with E-state index >= 15 is 0 Å². The van der Waals surface area contributed by atoms with Crippen molar-refractivity contribution in [2.24, 2.45) is 0 Å². The molecule has 96 valence electrons. The highest BCUT2D eigenvalue weighted by Crippen LogP contribution is 2.32. The van der Waals surface area contributed by atoms with Crippen molar-refractivity contribution >= 4 is 27.4 Å². The molecule has 0 spiro atoms. The molecular formula is C13H13N5S. The minimum absolute atomic E-state index is 0.444. The molecule has 3 aromatic rings. The maximum absolute atomic E-state index is 4.47. The molecule has 0 N–H and O–H groups in total. The molecule has 0 radical (unpaired) electrons. The highest BCUT2D eigenvalue weighted by Gasteiger charge is 2.26. The van der Waals surface area contributed by atoms with E-state index in [2.05, 4.69) is 25.3 Å². The normalized spacial score (nSPS) is 19.4. The number of anilines is 1. The summed E-state index contributed by atoms with van der Waals surface area (Å²) in [5, 5.41) is 6.41. The van der Waals surface area contributed by atoms with Gasteiger partial charge < -0.3 is 4.90 Å². The summed E-state index contributed by atoms with van der Waals surface area (Å²) in [6.45, 7) is 1.99. The van der Waals surface area contributed by atoms with Crippen molar-refractivity contribution in [3.8, 4) is 0 Å². The predicted molar refractivity (Wildman–Crippen MR) is 75.5 cm³/mol. The number of nitrogens with zero attached hydrogens (tertiary/aromatic N) is 5. The molecule has 0 bridgehead atoms. The second-order valence-electron chi connectivity index (χ2n) is 4.71. The maximum atomic E-state index is 4.47. The zero-order valence-electron chi connectivity index (χ0n) is 10.3. The SMILES string of the molecule is c1cnn(C2CCN(c3ncnc4ccsc34)C2)c1. The van der Waals surface area contributed by atoms with E-state index in [1.807, 2.05) is 29.2 Å². The molecule has 6 heteroatoms. The van der Waals surface area contributed by atoms with Crippen molar-refractivity contribution in [2.75, 3.05) is 18.0 Å². The first-order valence-electron chi connectivity index (χ1n) is 6.34. The average Bonchev–Trinajstić information content (AvgIpc) is 3.18. The topological polar surface area (TPSA) is 46.8 Å². The van der Waals surface area contributed by atoms with Gasteiger partial charge >= 0.3 is 0 Å². The lowest BCUT2D eigenvalue weighted by atomic mass is 10.3. The first kappa shape index (κ1) is 10.9. The molecular weight excluding hydrogens is 258 g/mol. The lowest BCUT2D eigenvalue weighted by Crippen LogP contribution is -2.22. The van der Waals surface area contributed by atoms with Crippen LogP contribution in [-0.4, -0.2) is 32.8 Å². The largest absolute Gasteiger partial charge is 0.353 e. The summed E-state index contributed by atoms with van der Waals surface area (Å²) < 4.78 is 3.23. The lowest BCUT2D eigenvalue weighted by Gasteiger charge is -2.17. The molecule has 19 heavy (non-hydrogen) atoms. The van der Waals surface area contributed by atoms with Gasteiger partial charge in [-0.25, -0.2) is 9.97 Å². The fourth-order valence-corrected chi connectivity index (χ4v) is 3.51. The van der Waals surface area contributed by atoms with Gasteiger partial charge in [0.2, 0.25) is 0 Å². The molecule has 0 saturated carbocycles. The van der Waals surface area contributed by atoms with Crippen LogP contribution in [0.15, 0.2) is 36.2 Å². The first-order chi connectivity index (χ1) is 9.42. The lowest BCUT2D eigenvalue weighted by molar-refractivity contribution is 0.494. The van der Waals surface area contributed by atoms with E-state index in [1.54, 1.807) is 17.7 Å². The molecule has 1 atom stereocenters. The fourth-order valence-electron chi connectivity index (χ4n) is 2.65. The Morgan fingerprint density at radius 1 is 1.32 bits per heavy atom. The van der Waals surface area contributed by atoms with E-state index < -0.39 is 0 Å². The van der Waals surface area contributed by atoms with Crippen molar-refractivity contribution in [3.05, 3.63) is 36.2 Å². The van der Waals surface area contributed by atoms with Crippen molar-refractivity contribution < 1.29 is 0 Å². The van der Waals surface area contributed by atoms with Crippen molar-refractivity contribution in [1.29, 1.82) is 0 Å². The standard InChI is InChI=1S/C13H13N5S/c1-4-16-18(5-1)10-2-6-17(8-10)13-12-11(3-7-19-12)14-9-15-13/h1,3-5,7,9-10H,2,6,8H2. The van der Waals surface area contributed by atoms with Crippen LogP contribution < -0.4 is 4.90 Å². The molecule has 1 aliphatic heterocycles. The third-order valence-electron chi connectivity index (χ3n) is 3.59. The highest BCUT2D eigenvalue weighted by atomic mass is 32.1. The number of rotatable bonds is 2. The second kappa shape index (κ2) is 4.31. The van der Waals surface area contributed by atoms with Gasteiger partial charge in [-0.2, -0.15) is 5.10 Å². The average molecular weight is 271 g/mol. The molecule has 0 aliphatic carbocycles. The summed E-state index contributed by atoms with van der Waals surface area (Å²) in [7, 11) is 0. The van der Waals surface area contributed by atoms with Gasteiger partial charge in [-0.15, -0.1) is 11.3 Å². The van der Waals surface area contributed by atoms with Crippen LogP contribution in [0.2, 0.25) is 0 Å². The molecule has 3 aromatic heterocycles. The summed E-state index contributed by atoms with van der Waals surface area (Å²) in [6.07, 6.45) is 6.64.